The molecule has 7 nitrogen and oxygen atoms in total. The molecule has 0 unspecified atom stereocenters. The fraction of sp³-hybridized carbons (Fsp3) is 0.250. The van der Waals surface area contributed by atoms with Gasteiger partial charge in [0.15, 0.2) is 0 Å². The van der Waals surface area contributed by atoms with Gasteiger partial charge in [-0.15, -0.1) is 0 Å². The van der Waals surface area contributed by atoms with Crippen molar-refractivity contribution < 1.29 is 9.53 Å². The van der Waals surface area contributed by atoms with Crippen LogP contribution in [0.2, 0.25) is 0 Å². The van der Waals surface area contributed by atoms with Gasteiger partial charge in [0, 0.05) is 11.6 Å². The third-order valence-electron chi connectivity index (χ3n) is 3.10. The minimum absolute atomic E-state index is 0.0470. The Hall–Kier alpha value is -2.96. The van der Waals surface area contributed by atoms with E-state index in [2.05, 4.69) is 20.4 Å². The van der Waals surface area contributed by atoms with Gasteiger partial charge in [-0.1, -0.05) is 30.3 Å². The minimum Gasteiger partial charge on any atom is -0.462 e. The van der Waals surface area contributed by atoms with Crippen molar-refractivity contribution in [1.29, 1.82) is 0 Å². The van der Waals surface area contributed by atoms with Crippen molar-refractivity contribution in [1.82, 2.24) is 19.6 Å². The first-order valence-corrected chi connectivity index (χ1v) is 7.33. The second kappa shape index (κ2) is 6.43. The Balaban J connectivity index is 1.89. The Morgan fingerprint density at radius 2 is 2.09 bits per heavy atom. The first-order chi connectivity index (χ1) is 11.1. The number of esters is 1. The highest BCUT2D eigenvalue weighted by Crippen LogP contribution is 2.21. The molecule has 0 bridgehead atoms. The van der Waals surface area contributed by atoms with Gasteiger partial charge in [-0.25, -0.2) is 4.98 Å². The van der Waals surface area contributed by atoms with E-state index < -0.39 is 0 Å². The Labute approximate surface area is 133 Å². The largest absolute Gasteiger partial charge is 0.462 e. The molecule has 7 heteroatoms. The van der Waals surface area contributed by atoms with Crippen molar-refractivity contribution in [2.24, 2.45) is 0 Å². The lowest BCUT2D eigenvalue weighted by Crippen LogP contribution is -2.21. The summed E-state index contributed by atoms with van der Waals surface area (Å²) in [5, 5.41) is 7.16. The van der Waals surface area contributed by atoms with Crippen molar-refractivity contribution in [3.8, 4) is 11.3 Å². The molecule has 1 N–H and O–H groups in total. The summed E-state index contributed by atoms with van der Waals surface area (Å²) in [7, 11) is 0. The van der Waals surface area contributed by atoms with Crippen molar-refractivity contribution >= 4 is 17.6 Å². The number of nitrogens with zero attached hydrogens (tertiary/aromatic N) is 4. The summed E-state index contributed by atoms with van der Waals surface area (Å²) < 4.78 is 6.67. The highest BCUT2D eigenvalue weighted by atomic mass is 16.5. The molecule has 0 amide bonds. The zero-order valence-corrected chi connectivity index (χ0v) is 12.9. The smallest absolute Gasteiger partial charge is 0.325 e. The third-order valence-corrected chi connectivity index (χ3v) is 3.10. The molecule has 2 heterocycles. The highest BCUT2D eigenvalue weighted by molar-refractivity contribution is 5.75. The molecule has 3 aromatic rings. The van der Waals surface area contributed by atoms with E-state index in [1.54, 1.807) is 4.52 Å². The molecule has 23 heavy (non-hydrogen) atoms. The average Bonchev–Trinajstić information content (AvgIpc) is 3.01. The van der Waals surface area contributed by atoms with Crippen LogP contribution in [0, 0.1) is 0 Å². The molecule has 3 rings (SSSR count). The van der Waals surface area contributed by atoms with Crippen LogP contribution in [0.3, 0.4) is 0 Å². The van der Waals surface area contributed by atoms with E-state index in [4.69, 9.17) is 4.74 Å². The summed E-state index contributed by atoms with van der Waals surface area (Å²) >= 11 is 0. The normalized spacial score (nSPS) is 10.9. The van der Waals surface area contributed by atoms with Crippen molar-refractivity contribution in [3.05, 3.63) is 42.7 Å². The number of carbonyl (C=O) groups is 1. The number of benzene rings is 1. The zero-order chi connectivity index (χ0) is 16.2. The number of rotatable bonds is 5. The lowest BCUT2D eigenvalue weighted by molar-refractivity contribution is -0.145. The number of hydrogen-bond donors (Lipinski definition) is 1. The Kier molecular flexibility index (Phi) is 4.18. The van der Waals surface area contributed by atoms with Crippen molar-refractivity contribution in [3.63, 3.8) is 0 Å². The monoisotopic (exact) mass is 311 g/mol. The molecule has 0 atom stereocenters. The molecule has 0 aliphatic heterocycles. The van der Waals surface area contributed by atoms with Gasteiger partial charge >= 0.3 is 5.97 Å². The molecule has 0 radical (unpaired) electrons. The number of ether oxygens (including phenoxy) is 1. The van der Waals surface area contributed by atoms with E-state index in [1.807, 2.05) is 50.2 Å². The SMILES string of the molecule is CC(C)OC(=O)CNc1cc(-c2ccccc2)nc2ncnn12. The van der Waals surface area contributed by atoms with Crippen LogP contribution in [0.25, 0.3) is 17.0 Å². The predicted octanol–water partition coefficient (Wildman–Crippen LogP) is 2.15. The molecule has 0 fully saturated rings. The van der Waals surface area contributed by atoms with E-state index in [9.17, 15) is 4.79 Å². The van der Waals surface area contributed by atoms with Crippen LogP contribution in [0.15, 0.2) is 42.7 Å². The van der Waals surface area contributed by atoms with Crippen molar-refractivity contribution in [2.45, 2.75) is 20.0 Å². The summed E-state index contributed by atoms with van der Waals surface area (Å²) in [5.74, 6) is 0.768. The summed E-state index contributed by atoms with van der Waals surface area (Å²) in [6.45, 7) is 3.67. The molecule has 0 saturated heterocycles. The van der Waals surface area contributed by atoms with E-state index >= 15 is 0 Å². The van der Waals surface area contributed by atoms with Crippen LogP contribution in [0.1, 0.15) is 13.8 Å². The fourth-order valence-electron chi connectivity index (χ4n) is 2.16. The maximum absolute atomic E-state index is 11.7. The Morgan fingerprint density at radius 1 is 1.30 bits per heavy atom. The maximum atomic E-state index is 11.7. The number of carbonyl (C=O) groups excluding carboxylic acids is 1. The molecule has 0 aliphatic rings. The lowest BCUT2D eigenvalue weighted by atomic mass is 10.1. The van der Waals surface area contributed by atoms with Gasteiger partial charge in [0.25, 0.3) is 5.78 Å². The van der Waals surface area contributed by atoms with E-state index in [0.29, 0.717) is 11.6 Å². The average molecular weight is 311 g/mol. The van der Waals surface area contributed by atoms with E-state index in [-0.39, 0.29) is 18.6 Å². The van der Waals surface area contributed by atoms with E-state index in [0.717, 1.165) is 11.3 Å². The maximum Gasteiger partial charge on any atom is 0.325 e. The van der Waals surface area contributed by atoms with Crippen LogP contribution < -0.4 is 5.32 Å². The molecule has 2 aromatic heterocycles. The second-order valence-electron chi connectivity index (χ2n) is 5.26. The first-order valence-electron chi connectivity index (χ1n) is 7.33. The molecular weight excluding hydrogens is 294 g/mol. The van der Waals surface area contributed by atoms with Gasteiger partial charge in [0.05, 0.1) is 11.8 Å². The number of anilines is 1. The Morgan fingerprint density at radius 3 is 2.83 bits per heavy atom. The second-order valence-corrected chi connectivity index (χ2v) is 5.26. The number of aromatic nitrogens is 4. The van der Waals surface area contributed by atoms with E-state index in [1.165, 1.54) is 6.33 Å². The number of hydrogen-bond acceptors (Lipinski definition) is 6. The third kappa shape index (κ3) is 3.45. The van der Waals surface area contributed by atoms with Gasteiger partial charge in [0.1, 0.15) is 18.7 Å². The summed E-state index contributed by atoms with van der Waals surface area (Å²) in [5.41, 5.74) is 1.72. The summed E-state index contributed by atoms with van der Waals surface area (Å²) in [6, 6.07) is 11.6. The quantitative estimate of drug-likeness (QED) is 0.727. The van der Waals surface area contributed by atoms with Crippen LogP contribution in [-0.4, -0.2) is 38.2 Å². The highest BCUT2D eigenvalue weighted by Gasteiger charge is 2.11. The van der Waals surface area contributed by atoms with Gasteiger partial charge in [-0.2, -0.15) is 14.6 Å². The summed E-state index contributed by atoms with van der Waals surface area (Å²) in [6.07, 6.45) is 1.28. The summed E-state index contributed by atoms with van der Waals surface area (Å²) in [4.78, 5) is 20.3. The van der Waals surface area contributed by atoms with Crippen LogP contribution in [-0.2, 0) is 9.53 Å². The van der Waals surface area contributed by atoms with Crippen LogP contribution in [0.5, 0.6) is 0 Å². The van der Waals surface area contributed by atoms with Gasteiger partial charge in [-0.05, 0) is 13.8 Å². The first kappa shape index (κ1) is 15.0. The van der Waals surface area contributed by atoms with Gasteiger partial charge in [-0.3, -0.25) is 4.79 Å². The zero-order valence-electron chi connectivity index (χ0n) is 12.9. The standard InChI is InChI=1S/C16H17N5O2/c1-11(2)23-15(22)9-17-14-8-13(12-6-4-3-5-7-12)20-16-18-10-19-21(14)16/h3-8,10-11,17H,9H2,1-2H3. The van der Waals surface area contributed by atoms with Crippen molar-refractivity contribution in [2.75, 3.05) is 11.9 Å². The molecule has 0 spiro atoms. The minimum atomic E-state index is -0.327. The number of nitrogens with one attached hydrogen (secondary N) is 1. The Bertz CT molecular complexity index is 814. The molecular formula is C16H17N5O2. The van der Waals surface area contributed by atoms with Gasteiger partial charge in [0.2, 0.25) is 0 Å². The van der Waals surface area contributed by atoms with Gasteiger partial charge < -0.3 is 10.1 Å². The molecule has 1 aromatic carbocycles. The number of fused-ring (bicyclic) bond motifs is 1. The van der Waals surface area contributed by atoms with Crippen LogP contribution >= 0.6 is 0 Å². The topological polar surface area (TPSA) is 81.4 Å². The lowest BCUT2D eigenvalue weighted by Gasteiger charge is -2.11. The predicted molar refractivity (Wildman–Crippen MR) is 85.9 cm³/mol. The van der Waals surface area contributed by atoms with Crippen LogP contribution in [0.4, 0.5) is 5.82 Å². The molecule has 0 saturated carbocycles. The fourth-order valence-corrected chi connectivity index (χ4v) is 2.16. The molecule has 118 valence electrons. The molecule has 0 aliphatic carbocycles.